The van der Waals surface area contributed by atoms with Crippen molar-refractivity contribution in [1.29, 1.82) is 0 Å². The molecule has 0 unspecified atom stereocenters. The third kappa shape index (κ3) is 4.14. The number of nitrogens with zero attached hydrogens (tertiary/aromatic N) is 2. The molecule has 1 aromatic heterocycles. The molecule has 21 heavy (non-hydrogen) atoms. The van der Waals surface area contributed by atoms with Crippen molar-refractivity contribution in [1.82, 2.24) is 9.88 Å². The van der Waals surface area contributed by atoms with Gasteiger partial charge in [-0.25, -0.2) is 0 Å². The molecular weight excluding hydrogens is 264 g/mol. The topological polar surface area (TPSA) is 53.4 Å². The van der Waals surface area contributed by atoms with Crippen LogP contribution in [-0.4, -0.2) is 34.0 Å². The van der Waals surface area contributed by atoms with Gasteiger partial charge >= 0.3 is 0 Å². The number of aromatic nitrogens is 1. The van der Waals surface area contributed by atoms with Gasteiger partial charge in [-0.3, -0.25) is 9.78 Å². The largest absolute Gasteiger partial charge is 0.390 e. The van der Waals surface area contributed by atoms with Crippen molar-refractivity contribution in [2.24, 2.45) is 0 Å². The Morgan fingerprint density at radius 2 is 2.00 bits per heavy atom. The molecule has 0 bridgehead atoms. The second-order valence-corrected chi connectivity index (χ2v) is 5.77. The number of aliphatic hydroxyl groups excluding tert-OH is 1. The lowest BCUT2D eigenvalue weighted by atomic mass is 9.94. The summed E-state index contributed by atoms with van der Waals surface area (Å²) < 4.78 is 0. The van der Waals surface area contributed by atoms with Crippen molar-refractivity contribution < 1.29 is 9.90 Å². The van der Waals surface area contributed by atoms with Gasteiger partial charge in [-0.05, 0) is 25.0 Å². The minimum atomic E-state index is -0.0871. The van der Waals surface area contributed by atoms with Gasteiger partial charge in [0.15, 0.2) is 0 Å². The van der Waals surface area contributed by atoms with Crippen molar-refractivity contribution in [3.63, 3.8) is 0 Å². The molecule has 0 saturated heterocycles. The third-order valence-corrected chi connectivity index (χ3v) is 4.17. The molecule has 0 radical (unpaired) electrons. The van der Waals surface area contributed by atoms with Crippen LogP contribution in [0.4, 0.5) is 0 Å². The Labute approximate surface area is 126 Å². The molecule has 0 aromatic carbocycles. The summed E-state index contributed by atoms with van der Waals surface area (Å²) in [6.07, 6.45) is 6.30. The number of pyridine rings is 1. The highest BCUT2D eigenvalue weighted by Crippen LogP contribution is 2.23. The molecular formula is C17H24N2O2. The van der Waals surface area contributed by atoms with Crippen LogP contribution in [0.5, 0.6) is 0 Å². The van der Waals surface area contributed by atoms with E-state index in [4.69, 9.17) is 5.11 Å². The van der Waals surface area contributed by atoms with E-state index in [1.807, 2.05) is 24.1 Å². The third-order valence-electron chi connectivity index (χ3n) is 4.17. The first-order chi connectivity index (χ1) is 10.1. The summed E-state index contributed by atoms with van der Waals surface area (Å²) in [5.74, 6) is 0.0121. The standard InChI is InChI=1S/C17H24N2O2/c1-13(11-14-7-6-8-15(12-20)18-14)17(21)19(2)16-9-4-3-5-10-16/h6-8,16,20H,1,3-5,9-12H2,2H3. The zero-order valence-corrected chi connectivity index (χ0v) is 12.7. The van der Waals surface area contributed by atoms with Gasteiger partial charge in [-0.15, -0.1) is 0 Å². The number of rotatable bonds is 5. The quantitative estimate of drug-likeness (QED) is 0.847. The minimum absolute atomic E-state index is 0.0121. The molecule has 1 fully saturated rings. The van der Waals surface area contributed by atoms with E-state index in [0.29, 0.717) is 23.7 Å². The molecule has 4 heteroatoms. The van der Waals surface area contributed by atoms with Gasteiger partial charge in [-0.2, -0.15) is 0 Å². The molecule has 114 valence electrons. The molecule has 1 aliphatic rings. The van der Waals surface area contributed by atoms with E-state index in [9.17, 15) is 4.79 Å². The van der Waals surface area contributed by atoms with E-state index in [1.165, 1.54) is 19.3 Å². The van der Waals surface area contributed by atoms with Crippen LogP contribution in [0.25, 0.3) is 0 Å². The lowest BCUT2D eigenvalue weighted by molar-refractivity contribution is -0.128. The van der Waals surface area contributed by atoms with E-state index in [-0.39, 0.29) is 12.5 Å². The Kier molecular flexibility index (Phi) is 5.51. The Bertz CT molecular complexity index is 507. The minimum Gasteiger partial charge on any atom is -0.390 e. The van der Waals surface area contributed by atoms with E-state index in [1.54, 1.807) is 6.07 Å². The van der Waals surface area contributed by atoms with Crippen LogP contribution in [0.2, 0.25) is 0 Å². The Balaban J connectivity index is 1.96. The van der Waals surface area contributed by atoms with Crippen molar-refractivity contribution in [3.05, 3.63) is 41.7 Å². The average Bonchev–Trinajstić information content (AvgIpc) is 2.54. The van der Waals surface area contributed by atoms with Crippen LogP contribution in [-0.2, 0) is 17.8 Å². The molecule has 4 nitrogen and oxygen atoms in total. The van der Waals surface area contributed by atoms with Gasteiger partial charge in [0.2, 0.25) is 5.91 Å². The summed E-state index contributed by atoms with van der Waals surface area (Å²) in [6.45, 7) is 3.84. The number of likely N-dealkylation sites (N-methyl/N-ethyl adjacent to an activating group) is 1. The zero-order valence-electron chi connectivity index (χ0n) is 12.7. The summed E-state index contributed by atoms with van der Waals surface area (Å²) in [5.41, 5.74) is 1.95. The average molecular weight is 288 g/mol. The molecule has 0 atom stereocenters. The summed E-state index contributed by atoms with van der Waals surface area (Å²) in [6, 6.07) is 5.82. The van der Waals surface area contributed by atoms with E-state index >= 15 is 0 Å². The first-order valence-electron chi connectivity index (χ1n) is 7.62. The highest BCUT2D eigenvalue weighted by Gasteiger charge is 2.23. The Morgan fingerprint density at radius 1 is 1.33 bits per heavy atom. The maximum atomic E-state index is 12.5. The van der Waals surface area contributed by atoms with Crippen LogP contribution in [0.1, 0.15) is 43.5 Å². The predicted octanol–water partition coefficient (Wildman–Crippen LogP) is 2.46. The van der Waals surface area contributed by atoms with Crippen LogP contribution < -0.4 is 0 Å². The Hall–Kier alpha value is -1.68. The zero-order chi connectivity index (χ0) is 15.2. The molecule has 0 spiro atoms. The summed E-state index contributed by atoms with van der Waals surface area (Å²) in [7, 11) is 1.88. The summed E-state index contributed by atoms with van der Waals surface area (Å²) in [5, 5.41) is 9.10. The van der Waals surface area contributed by atoms with Gasteiger partial charge in [0, 0.05) is 30.8 Å². The molecule has 1 aromatic rings. The smallest absolute Gasteiger partial charge is 0.249 e. The van der Waals surface area contributed by atoms with Gasteiger partial charge < -0.3 is 10.0 Å². The van der Waals surface area contributed by atoms with Crippen molar-refractivity contribution in [2.45, 2.75) is 51.2 Å². The maximum Gasteiger partial charge on any atom is 0.249 e. The first-order valence-corrected chi connectivity index (χ1v) is 7.62. The molecule has 2 rings (SSSR count). The SMILES string of the molecule is C=C(Cc1cccc(CO)n1)C(=O)N(C)C1CCCCC1. The van der Waals surface area contributed by atoms with E-state index in [0.717, 1.165) is 18.5 Å². The van der Waals surface area contributed by atoms with Gasteiger partial charge in [-0.1, -0.05) is 31.9 Å². The highest BCUT2D eigenvalue weighted by atomic mass is 16.3. The molecule has 1 aliphatic carbocycles. The second-order valence-electron chi connectivity index (χ2n) is 5.77. The molecule has 1 amide bonds. The second kappa shape index (κ2) is 7.36. The van der Waals surface area contributed by atoms with E-state index < -0.39 is 0 Å². The predicted molar refractivity (Wildman–Crippen MR) is 82.6 cm³/mol. The van der Waals surface area contributed by atoms with Gasteiger partial charge in [0.1, 0.15) is 0 Å². The van der Waals surface area contributed by atoms with E-state index in [2.05, 4.69) is 11.6 Å². The molecule has 1 N–H and O–H groups in total. The fraction of sp³-hybridized carbons (Fsp3) is 0.529. The monoisotopic (exact) mass is 288 g/mol. The van der Waals surface area contributed by atoms with Crippen LogP contribution in [0, 0.1) is 0 Å². The fourth-order valence-corrected chi connectivity index (χ4v) is 2.89. The fourth-order valence-electron chi connectivity index (χ4n) is 2.89. The van der Waals surface area contributed by atoms with Crippen molar-refractivity contribution >= 4 is 5.91 Å². The normalized spacial score (nSPS) is 15.7. The number of carbonyl (C=O) groups is 1. The van der Waals surface area contributed by atoms with Crippen molar-refractivity contribution in [3.8, 4) is 0 Å². The maximum absolute atomic E-state index is 12.5. The summed E-state index contributed by atoms with van der Waals surface area (Å²) in [4.78, 5) is 18.6. The van der Waals surface area contributed by atoms with Gasteiger partial charge in [0.25, 0.3) is 0 Å². The number of aliphatic hydroxyl groups is 1. The number of carbonyl (C=O) groups excluding carboxylic acids is 1. The number of hydrogen-bond acceptors (Lipinski definition) is 3. The first kappa shape index (κ1) is 15.7. The lowest BCUT2D eigenvalue weighted by Gasteiger charge is -2.31. The summed E-state index contributed by atoms with van der Waals surface area (Å²) >= 11 is 0. The number of amides is 1. The lowest BCUT2D eigenvalue weighted by Crippen LogP contribution is -2.39. The van der Waals surface area contributed by atoms with Gasteiger partial charge in [0.05, 0.1) is 12.3 Å². The van der Waals surface area contributed by atoms with Crippen LogP contribution in [0.3, 0.4) is 0 Å². The number of hydrogen-bond donors (Lipinski definition) is 1. The molecule has 1 heterocycles. The van der Waals surface area contributed by atoms with Crippen LogP contribution in [0.15, 0.2) is 30.4 Å². The Morgan fingerprint density at radius 3 is 2.67 bits per heavy atom. The van der Waals surface area contributed by atoms with Crippen molar-refractivity contribution in [2.75, 3.05) is 7.05 Å². The molecule has 1 saturated carbocycles. The highest BCUT2D eigenvalue weighted by molar-refractivity contribution is 5.93. The molecule has 0 aliphatic heterocycles. The van der Waals surface area contributed by atoms with Crippen LogP contribution >= 0.6 is 0 Å².